The molecule has 0 spiro atoms. The maximum absolute atomic E-state index is 11.9. The number of carbonyl (C=O) groups excluding carboxylic acids is 1. The molecule has 2 atom stereocenters. The average molecular weight is 317 g/mol. The molecule has 1 aliphatic heterocycles. The van der Waals surface area contributed by atoms with Gasteiger partial charge in [0, 0.05) is 13.1 Å². The number of β-amino-alcohol motifs (C(OH)–C–C–N with tert-alkyl or cyclic N) is 1. The smallest absolute Gasteiger partial charge is 0.234 e. The van der Waals surface area contributed by atoms with Crippen molar-refractivity contribution < 1.29 is 9.90 Å². The fourth-order valence-electron chi connectivity index (χ4n) is 2.31. The Labute approximate surface area is 128 Å². The van der Waals surface area contributed by atoms with E-state index in [2.05, 4.69) is 5.32 Å². The zero-order valence-electron chi connectivity index (χ0n) is 11.3. The normalized spacial score (nSPS) is 20.9. The summed E-state index contributed by atoms with van der Waals surface area (Å²) in [6.07, 6.45) is 0.422. The molecule has 1 heterocycles. The van der Waals surface area contributed by atoms with Gasteiger partial charge >= 0.3 is 0 Å². The van der Waals surface area contributed by atoms with E-state index in [4.69, 9.17) is 23.2 Å². The molecule has 1 aromatic rings. The van der Waals surface area contributed by atoms with Crippen molar-refractivity contribution in [2.24, 2.45) is 0 Å². The lowest BCUT2D eigenvalue weighted by atomic mass is 10.1. The molecule has 1 fully saturated rings. The number of halogens is 2. The first kappa shape index (κ1) is 15.6. The first-order valence-electron chi connectivity index (χ1n) is 6.60. The molecule has 110 valence electrons. The van der Waals surface area contributed by atoms with Gasteiger partial charge in [-0.15, -0.1) is 0 Å². The van der Waals surface area contributed by atoms with Crippen LogP contribution in [0.5, 0.6) is 0 Å². The summed E-state index contributed by atoms with van der Waals surface area (Å²) in [4.78, 5) is 13.9. The lowest BCUT2D eigenvalue weighted by Crippen LogP contribution is -2.37. The highest BCUT2D eigenvalue weighted by molar-refractivity contribution is 6.42. The van der Waals surface area contributed by atoms with E-state index >= 15 is 0 Å². The molecule has 0 saturated carbocycles. The van der Waals surface area contributed by atoms with Gasteiger partial charge in [0.15, 0.2) is 0 Å². The topological polar surface area (TPSA) is 52.6 Å². The zero-order valence-corrected chi connectivity index (χ0v) is 12.8. The van der Waals surface area contributed by atoms with Crippen molar-refractivity contribution in [3.05, 3.63) is 33.8 Å². The molecule has 1 aromatic carbocycles. The second kappa shape index (κ2) is 6.76. The predicted octanol–water partition coefficient (Wildman–Crippen LogP) is 2.24. The Hall–Kier alpha value is -0.810. The van der Waals surface area contributed by atoms with E-state index in [1.807, 2.05) is 17.9 Å². The summed E-state index contributed by atoms with van der Waals surface area (Å²) in [6, 6.07) is 5.19. The highest BCUT2D eigenvalue weighted by Gasteiger charge is 2.22. The van der Waals surface area contributed by atoms with Crippen molar-refractivity contribution in [3.63, 3.8) is 0 Å². The zero-order chi connectivity index (χ0) is 14.7. The molecule has 2 rings (SSSR count). The third-order valence-corrected chi connectivity index (χ3v) is 4.17. The molecule has 0 aliphatic carbocycles. The van der Waals surface area contributed by atoms with Crippen LogP contribution in [0.1, 0.15) is 24.9 Å². The Bertz CT molecular complexity index is 496. The van der Waals surface area contributed by atoms with Gasteiger partial charge in [-0.2, -0.15) is 0 Å². The second-order valence-corrected chi connectivity index (χ2v) is 5.95. The highest BCUT2D eigenvalue weighted by Crippen LogP contribution is 2.25. The second-order valence-electron chi connectivity index (χ2n) is 5.14. The number of amides is 1. The molecule has 0 radical (unpaired) electrons. The SMILES string of the molecule is CC(NC(=O)CN1CCC(O)C1)c1ccc(Cl)c(Cl)c1. The summed E-state index contributed by atoms with van der Waals surface area (Å²) in [7, 11) is 0. The van der Waals surface area contributed by atoms with E-state index in [-0.39, 0.29) is 18.1 Å². The molecule has 0 bridgehead atoms. The first-order valence-corrected chi connectivity index (χ1v) is 7.36. The van der Waals surface area contributed by atoms with Crippen LogP contribution in [0.15, 0.2) is 18.2 Å². The van der Waals surface area contributed by atoms with Gasteiger partial charge in [0.25, 0.3) is 0 Å². The Morgan fingerprint density at radius 1 is 1.50 bits per heavy atom. The van der Waals surface area contributed by atoms with Gasteiger partial charge in [0.1, 0.15) is 0 Å². The predicted molar refractivity (Wildman–Crippen MR) is 80.1 cm³/mol. The monoisotopic (exact) mass is 316 g/mol. The maximum Gasteiger partial charge on any atom is 0.234 e. The molecule has 1 aliphatic rings. The largest absolute Gasteiger partial charge is 0.392 e. The quantitative estimate of drug-likeness (QED) is 0.895. The van der Waals surface area contributed by atoms with Crippen LogP contribution in [0, 0.1) is 0 Å². The number of hydrogen-bond donors (Lipinski definition) is 2. The third-order valence-electron chi connectivity index (χ3n) is 3.44. The lowest BCUT2D eigenvalue weighted by molar-refractivity contribution is -0.122. The van der Waals surface area contributed by atoms with Crippen LogP contribution in [0.4, 0.5) is 0 Å². The minimum atomic E-state index is -0.310. The Balaban J connectivity index is 1.88. The minimum absolute atomic E-state index is 0.0577. The third kappa shape index (κ3) is 4.09. The number of nitrogens with one attached hydrogen (secondary N) is 1. The van der Waals surface area contributed by atoms with Gasteiger partial charge in [-0.25, -0.2) is 0 Å². The van der Waals surface area contributed by atoms with E-state index in [0.717, 1.165) is 18.5 Å². The molecule has 1 amide bonds. The van der Waals surface area contributed by atoms with E-state index < -0.39 is 0 Å². The number of rotatable bonds is 4. The summed E-state index contributed by atoms with van der Waals surface area (Å²) >= 11 is 11.8. The van der Waals surface area contributed by atoms with Crippen molar-refractivity contribution >= 4 is 29.1 Å². The summed E-state index contributed by atoms with van der Waals surface area (Å²) < 4.78 is 0. The van der Waals surface area contributed by atoms with Crippen LogP contribution in [0.2, 0.25) is 10.0 Å². The van der Waals surface area contributed by atoms with Gasteiger partial charge in [-0.3, -0.25) is 9.69 Å². The molecule has 1 saturated heterocycles. The number of benzene rings is 1. The van der Waals surface area contributed by atoms with Crippen molar-refractivity contribution in [3.8, 4) is 0 Å². The van der Waals surface area contributed by atoms with E-state index in [1.165, 1.54) is 0 Å². The number of carbonyl (C=O) groups is 1. The van der Waals surface area contributed by atoms with Crippen molar-refractivity contribution in [1.82, 2.24) is 10.2 Å². The standard InChI is InChI=1S/C14H18Cl2N2O2/c1-9(10-2-3-12(15)13(16)6-10)17-14(20)8-18-5-4-11(19)7-18/h2-3,6,9,11,19H,4-5,7-8H2,1H3,(H,17,20). The molecule has 6 heteroatoms. The minimum Gasteiger partial charge on any atom is -0.392 e. The van der Waals surface area contributed by atoms with Gasteiger partial charge in [0.05, 0.1) is 28.7 Å². The summed E-state index contributed by atoms with van der Waals surface area (Å²) in [5, 5.41) is 13.3. The van der Waals surface area contributed by atoms with Crippen LogP contribution >= 0.6 is 23.2 Å². The van der Waals surface area contributed by atoms with E-state index in [0.29, 0.717) is 23.1 Å². The molecule has 0 aromatic heterocycles. The maximum atomic E-state index is 11.9. The summed E-state index contributed by atoms with van der Waals surface area (Å²) in [5.41, 5.74) is 0.911. The van der Waals surface area contributed by atoms with Crippen molar-refractivity contribution in [2.75, 3.05) is 19.6 Å². The fraction of sp³-hybridized carbons (Fsp3) is 0.500. The number of likely N-dealkylation sites (tertiary alicyclic amines) is 1. The highest BCUT2D eigenvalue weighted by atomic mass is 35.5. The first-order chi connectivity index (χ1) is 9.45. The van der Waals surface area contributed by atoms with Gasteiger partial charge < -0.3 is 10.4 Å². The van der Waals surface area contributed by atoms with E-state index in [1.54, 1.807) is 12.1 Å². The summed E-state index contributed by atoms with van der Waals surface area (Å²) in [5.74, 6) is -0.0577. The van der Waals surface area contributed by atoms with Crippen LogP contribution in [-0.4, -0.2) is 41.7 Å². The van der Waals surface area contributed by atoms with Gasteiger partial charge in [-0.05, 0) is 31.0 Å². The number of nitrogens with zero attached hydrogens (tertiary/aromatic N) is 1. The fourth-order valence-corrected chi connectivity index (χ4v) is 2.62. The average Bonchev–Trinajstić information content (AvgIpc) is 2.77. The van der Waals surface area contributed by atoms with Crippen LogP contribution in [0.25, 0.3) is 0 Å². The van der Waals surface area contributed by atoms with Gasteiger partial charge in [0.2, 0.25) is 5.91 Å². The van der Waals surface area contributed by atoms with E-state index in [9.17, 15) is 9.90 Å². The van der Waals surface area contributed by atoms with Gasteiger partial charge in [-0.1, -0.05) is 29.3 Å². The van der Waals surface area contributed by atoms with Crippen LogP contribution in [0.3, 0.4) is 0 Å². The molecule has 4 nitrogen and oxygen atoms in total. The number of aliphatic hydroxyl groups is 1. The molecule has 20 heavy (non-hydrogen) atoms. The van der Waals surface area contributed by atoms with Crippen LogP contribution in [-0.2, 0) is 4.79 Å². The molecule has 2 unspecified atom stereocenters. The van der Waals surface area contributed by atoms with Crippen molar-refractivity contribution in [2.45, 2.75) is 25.5 Å². The molecular weight excluding hydrogens is 299 g/mol. The molecule has 2 N–H and O–H groups in total. The molecular formula is C14H18Cl2N2O2. The Kier molecular flexibility index (Phi) is 5.27. The summed E-state index contributed by atoms with van der Waals surface area (Å²) in [6.45, 7) is 3.53. The lowest BCUT2D eigenvalue weighted by Gasteiger charge is -2.18. The Morgan fingerprint density at radius 3 is 2.85 bits per heavy atom. The van der Waals surface area contributed by atoms with Crippen molar-refractivity contribution in [1.29, 1.82) is 0 Å². The van der Waals surface area contributed by atoms with Crippen LogP contribution < -0.4 is 5.32 Å². The number of aliphatic hydroxyl groups excluding tert-OH is 1. The number of hydrogen-bond acceptors (Lipinski definition) is 3. The Morgan fingerprint density at radius 2 is 2.25 bits per heavy atom.